The first-order chi connectivity index (χ1) is 12.6. The van der Waals surface area contributed by atoms with Crippen LogP contribution in [-0.2, 0) is 16.1 Å². The Hall–Kier alpha value is -2.21. The van der Waals surface area contributed by atoms with E-state index < -0.39 is 0 Å². The fourth-order valence-corrected chi connectivity index (χ4v) is 3.14. The van der Waals surface area contributed by atoms with Gasteiger partial charge in [0.2, 0.25) is 5.91 Å². The zero-order valence-electron chi connectivity index (χ0n) is 15.3. The molecule has 0 aliphatic carbocycles. The summed E-state index contributed by atoms with van der Waals surface area (Å²) in [6.45, 7) is 6.34. The van der Waals surface area contributed by atoms with Crippen molar-refractivity contribution >= 4 is 11.6 Å². The summed E-state index contributed by atoms with van der Waals surface area (Å²) in [4.78, 5) is 14.8. The molecule has 5 heteroatoms. The number of rotatable bonds is 6. The molecule has 5 nitrogen and oxygen atoms in total. The van der Waals surface area contributed by atoms with Crippen molar-refractivity contribution in [3.8, 4) is 0 Å². The number of nitrogens with one attached hydrogen (secondary N) is 1. The average Bonchev–Trinajstić information content (AvgIpc) is 2.66. The third kappa shape index (κ3) is 5.14. The Morgan fingerprint density at radius 3 is 2.65 bits per heavy atom. The summed E-state index contributed by atoms with van der Waals surface area (Å²) in [6.07, 6.45) is 0.261. The summed E-state index contributed by atoms with van der Waals surface area (Å²) in [5.41, 5.74) is 10.2. The highest BCUT2D eigenvalue weighted by Crippen LogP contribution is 2.20. The number of benzene rings is 2. The third-order valence-corrected chi connectivity index (χ3v) is 4.72. The van der Waals surface area contributed by atoms with Crippen LogP contribution in [0.1, 0.15) is 29.2 Å². The summed E-state index contributed by atoms with van der Waals surface area (Å²) in [5.74, 6) is -0.0621. The number of aryl methyl sites for hydroxylation is 1. The Bertz CT molecular complexity index is 727. The fourth-order valence-electron chi connectivity index (χ4n) is 3.14. The van der Waals surface area contributed by atoms with E-state index in [0.717, 1.165) is 49.7 Å². The van der Waals surface area contributed by atoms with E-state index in [1.54, 1.807) is 0 Å². The first-order valence-electron chi connectivity index (χ1n) is 9.12. The molecule has 1 atom stereocenters. The highest BCUT2D eigenvalue weighted by molar-refractivity contribution is 5.92. The zero-order valence-corrected chi connectivity index (χ0v) is 15.3. The molecule has 0 radical (unpaired) electrons. The maximum Gasteiger partial charge on any atom is 0.226 e. The number of hydrogen-bond donors (Lipinski definition) is 2. The minimum atomic E-state index is -0.298. The van der Waals surface area contributed by atoms with E-state index in [2.05, 4.69) is 28.4 Å². The number of nitrogens with zero attached hydrogens (tertiary/aromatic N) is 1. The van der Waals surface area contributed by atoms with Gasteiger partial charge in [-0.1, -0.05) is 42.5 Å². The number of amides is 1. The normalized spacial score (nSPS) is 16.2. The van der Waals surface area contributed by atoms with Gasteiger partial charge in [0.15, 0.2) is 0 Å². The lowest BCUT2D eigenvalue weighted by Gasteiger charge is -2.26. The summed E-state index contributed by atoms with van der Waals surface area (Å²) in [5, 5.41) is 3.03. The van der Waals surface area contributed by atoms with Crippen LogP contribution in [0.25, 0.3) is 0 Å². The molecular formula is C21H27N3O2. The Morgan fingerprint density at radius 2 is 1.92 bits per heavy atom. The third-order valence-electron chi connectivity index (χ3n) is 4.72. The molecule has 1 amide bonds. The van der Waals surface area contributed by atoms with Crippen molar-refractivity contribution in [2.75, 3.05) is 31.6 Å². The van der Waals surface area contributed by atoms with Crippen LogP contribution in [0.4, 0.5) is 5.69 Å². The molecule has 1 saturated heterocycles. The molecular weight excluding hydrogens is 326 g/mol. The molecule has 0 saturated carbocycles. The highest BCUT2D eigenvalue weighted by Gasteiger charge is 2.14. The van der Waals surface area contributed by atoms with Gasteiger partial charge < -0.3 is 15.8 Å². The van der Waals surface area contributed by atoms with Gasteiger partial charge in [-0.05, 0) is 29.7 Å². The number of anilines is 1. The van der Waals surface area contributed by atoms with Crippen LogP contribution < -0.4 is 11.1 Å². The smallest absolute Gasteiger partial charge is 0.226 e. The Kier molecular flexibility index (Phi) is 6.39. The number of ether oxygens (including phenoxy) is 1. The van der Waals surface area contributed by atoms with Gasteiger partial charge in [0.1, 0.15) is 0 Å². The van der Waals surface area contributed by atoms with Gasteiger partial charge in [-0.3, -0.25) is 9.69 Å². The summed E-state index contributed by atoms with van der Waals surface area (Å²) in [6, 6.07) is 15.7. The van der Waals surface area contributed by atoms with Gasteiger partial charge in [-0.25, -0.2) is 0 Å². The van der Waals surface area contributed by atoms with Crippen LogP contribution in [0.3, 0.4) is 0 Å². The molecule has 1 aliphatic heterocycles. The molecule has 0 spiro atoms. The van der Waals surface area contributed by atoms with E-state index >= 15 is 0 Å². The van der Waals surface area contributed by atoms with Gasteiger partial charge in [-0.15, -0.1) is 0 Å². The summed E-state index contributed by atoms with van der Waals surface area (Å²) >= 11 is 0. The molecule has 3 N–H and O–H groups in total. The van der Waals surface area contributed by atoms with Crippen LogP contribution in [0.15, 0.2) is 48.5 Å². The molecule has 2 aromatic rings. The first kappa shape index (κ1) is 18.6. The van der Waals surface area contributed by atoms with Crippen molar-refractivity contribution in [3.63, 3.8) is 0 Å². The number of hydrogen-bond acceptors (Lipinski definition) is 4. The van der Waals surface area contributed by atoms with Gasteiger partial charge in [0, 0.05) is 37.8 Å². The monoisotopic (exact) mass is 353 g/mol. The SMILES string of the molecule is Cc1ccc(CN2CCOCC2)cc1NC(=O)CC(N)c1ccccc1. The lowest BCUT2D eigenvalue weighted by Crippen LogP contribution is -2.35. The van der Waals surface area contributed by atoms with E-state index in [4.69, 9.17) is 10.5 Å². The molecule has 2 aromatic carbocycles. The number of morpholine rings is 1. The van der Waals surface area contributed by atoms with Crippen molar-refractivity contribution in [2.45, 2.75) is 25.9 Å². The Labute approximate surface area is 155 Å². The molecule has 3 rings (SSSR count). The number of nitrogens with two attached hydrogens (primary N) is 1. The second-order valence-corrected chi connectivity index (χ2v) is 6.81. The van der Waals surface area contributed by atoms with E-state index in [1.807, 2.05) is 37.3 Å². The molecule has 0 aromatic heterocycles. The first-order valence-corrected chi connectivity index (χ1v) is 9.12. The second kappa shape index (κ2) is 8.94. The predicted octanol–water partition coefficient (Wildman–Crippen LogP) is 2.86. The quantitative estimate of drug-likeness (QED) is 0.838. The number of carbonyl (C=O) groups excluding carboxylic acids is 1. The maximum atomic E-state index is 12.4. The number of carbonyl (C=O) groups is 1. The lowest BCUT2D eigenvalue weighted by atomic mass is 10.0. The highest BCUT2D eigenvalue weighted by atomic mass is 16.5. The molecule has 1 unspecified atom stereocenters. The van der Waals surface area contributed by atoms with Crippen LogP contribution in [0, 0.1) is 6.92 Å². The van der Waals surface area contributed by atoms with Crippen LogP contribution in [0.5, 0.6) is 0 Å². The van der Waals surface area contributed by atoms with Gasteiger partial charge in [0.25, 0.3) is 0 Å². The van der Waals surface area contributed by atoms with Crippen LogP contribution in [0.2, 0.25) is 0 Å². The van der Waals surface area contributed by atoms with Crippen LogP contribution >= 0.6 is 0 Å². The minimum absolute atomic E-state index is 0.0621. The standard InChI is InChI=1S/C21H27N3O2/c1-16-7-8-17(15-24-9-11-26-12-10-24)13-20(16)23-21(25)14-19(22)18-5-3-2-4-6-18/h2-8,13,19H,9-12,14-15,22H2,1H3,(H,23,25). The minimum Gasteiger partial charge on any atom is -0.379 e. The molecule has 0 bridgehead atoms. The fraction of sp³-hybridized carbons (Fsp3) is 0.381. The van der Waals surface area contributed by atoms with Gasteiger partial charge >= 0.3 is 0 Å². The van der Waals surface area contributed by atoms with Crippen molar-refractivity contribution in [1.82, 2.24) is 4.90 Å². The van der Waals surface area contributed by atoms with Crippen molar-refractivity contribution < 1.29 is 9.53 Å². The van der Waals surface area contributed by atoms with Crippen molar-refractivity contribution in [1.29, 1.82) is 0 Å². The maximum absolute atomic E-state index is 12.4. The van der Waals surface area contributed by atoms with E-state index in [1.165, 1.54) is 5.56 Å². The topological polar surface area (TPSA) is 67.6 Å². The Balaban J connectivity index is 1.61. The summed E-state index contributed by atoms with van der Waals surface area (Å²) in [7, 11) is 0. The van der Waals surface area contributed by atoms with E-state index in [9.17, 15) is 4.79 Å². The average molecular weight is 353 g/mol. The molecule has 1 fully saturated rings. The van der Waals surface area contributed by atoms with Crippen molar-refractivity contribution in [2.24, 2.45) is 5.73 Å². The van der Waals surface area contributed by atoms with E-state index in [-0.39, 0.29) is 18.4 Å². The molecule has 1 aliphatic rings. The zero-order chi connectivity index (χ0) is 18.4. The van der Waals surface area contributed by atoms with Crippen molar-refractivity contribution in [3.05, 3.63) is 65.2 Å². The van der Waals surface area contributed by atoms with Gasteiger partial charge in [0.05, 0.1) is 13.2 Å². The molecule has 26 heavy (non-hydrogen) atoms. The lowest BCUT2D eigenvalue weighted by molar-refractivity contribution is -0.116. The Morgan fingerprint density at radius 1 is 1.19 bits per heavy atom. The van der Waals surface area contributed by atoms with E-state index in [0.29, 0.717) is 0 Å². The molecule has 1 heterocycles. The molecule has 138 valence electrons. The largest absolute Gasteiger partial charge is 0.379 e. The summed E-state index contributed by atoms with van der Waals surface area (Å²) < 4.78 is 5.40. The predicted molar refractivity (Wildman–Crippen MR) is 104 cm³/mol. The van der Waals surface area contributed by atoms with Crippen LogP contribution in [-0.4, -0.2) is 37.1 Å². The second-order valence-electron chi connectivity index (χ2n) is 6.81. The van der Waals surface area contributed by atoms with Gasteiger partial charge in [-0.2, -0.15) is 0 Å².